The van der Waals surface area contributed by atoms with Crippen molar-refractivity contribution in [3.63, 3.8) is 0 Å². The van der Waals surface area contributed by atoms with Crippen LogP contribution < -0.4 is 0 Å². The number of thiol groups is 1. The van der Waals surface area contributed by atoms with Gasteiger partial charge in [-0.15, -0.1) is 0 Å². The molecule has 2 saturated heterocycles. The molecule has 2 aliphatic heterocycles. The summed E-state index contributed by atoms with van der Waals surface area (Å²) in [5.74, 6) is -0.154. The fourth-order valence-electron chi connectivity index (χ4n) is 3.50. The number of benzene rings is 1. The zero-order valence-corrected chi connectivity index (χ0v) is 16.5. The third-order valence-electron chi connectivity index (χ3n) is 5.10. The van der Waals surface area contributed by atoms with Crippen LogP contribution in [-0.2, 0) is 9.53 Å². The Kier molecular flexibility index (Phi) is 6.40. The lowest BCUT2D eigenvalue weighted by Crippen LogP contribution is -2.53. The molecule has 3 atom stereocenters. The second kappa shape index (κ2) is 8.78. The largest absolute Gasteiger partial charge is 0.415 e. The molecule has 0 saturated carbocycles. The average Bonchev–Trinajstić information content (AvgIpc) is 3.08. The van der Waals surface area contributed by atoms with E-state index in [1.807, 2.05) is 7.05 Å². The van der Waals surface area contributed by atoms with Gasteiger partial charge < -0.3 is 14.5 Å². The smallest absolute Gasteiger partial charge is 0.377 e. The molecule has 10 heteroatoms. The van der Waals surface area contributed by atoms with E-state index >= 15 is 0 Å². The summed E-state index contributed by atoms with van der Waals surface area (Å²) in [6.07, 6.45) is -2.08. The minimum atomic E-state index is -1.62. The third kappa shape index (κ3) is 4.56. The number of hydrogen-bond donors (Lipinski definition) is 1. The van der Waals surface area contributed by atoms with Crippen LogP contribution in [0.3, 0.4) is 0 Å². The first kappa shape index (κ1) is 20.4. The number of nitrogens with zero attached hydrogens (tertiary/aromatic N) is 4. The van der Waals surface area contributed by atoms with Gasteiger partial charge in [0.2, 0.25) is 5.91 Å². The molecule has 0 aromatic heterocycles. The van der Waals surface area contributed by atoms with Crippen LogP contribution in [-0.4, -0.2) is 82.7 Å². The number of hydrogen-bond acceptors (Lipinski definition) is 7. The summed E-state index contributed by atoms with van der Waals surface area (Å²) in [5, 5.41) is 11.2. The van der Waals surface area contributed by atoms with Crippen LogP contribution in [0.4, 0.5) is 4.79 Å². The van der Waals surface area contributed by atoms with E-state index < -0.39 is 23.3 Å². The van der Waals surface area contributed by atoms with Gasteiger partial charge in [-0.25, -0.2) is 4.79 Å². The molecule has 0 aliphatic carbocycles. The average molecular weight is 408 g/mol. The van der Waals surface area contributed by atoms with Gasteiger partial charge in [-0.2, -0.15) is 12.6 Å². The summed E-state index contributed by atoms with van der Waals surface area (Å²) in [6, 6.07) is 7.34. The van der Waals surface area contributed by atoms with Gasteiger partial charge in [0.15, 0.2) is 0 Å². The van der Waals surface area contributed by atoms with E-state index in [2.05, 4.69) is 17.5 Å². The van der Waals surface area contributed by atoms with Crippen molar-refractivity contribution in [2.45, 2.75) is 23.9 Å². The lowest BCUT2D eigenvalue weighted by Gasteiger charge is -2.35. The number of ether oxygens (including phenoxy) is 1. The molecule has 3 rings (SSSR count). The Balaban J connectivity index is 1.71. The lowest BCUT2D eigenvalue weighted by molar-refractivity contribution is -0.575. The number of piperazine rings is 1. The summed E-state index contributed by atoms with van der Waals surface area (Å²) in [4.78, 5) is 41.6. The highest BCUT2D eigenvalue weighted by Gasteiger charge is 2.43. The molecule has 28 heavy (non-hydrogen) atoms. The number of carbonyl (C=O) groups excluding carboxylic acids is 2. The summed E-state index contributed by atoms with van der Waals surface area (Å²) in [6.45, 7) is 2.93. The van der Waals surface area contributed by atoms with Gasteiger partial charge >= 0.3 is 12.3 Å². The molecule has 0 spiro atoms. The summed E-state index contributed by atoms with van der Waals surface area (Å²) in [7, 11) is 1.99. The van der Waals surface area contributed by atoms with Crippen molar-refractivity contribution in [1.82, 2.24) is 14.7 Å². The lowest BCUT2D eigenvalue weighted by atomic mass is 10.1. The Morgan fingerprint density at radius 3 is 2.46 bits per heavy atom. The predicted molar refractivity (Wildman–Crippen MR) is 105 cm³/mol. The van der Waals surface area contributed by atoms with E-state index in [1.165, 1.54) is 17.0 Å². The number of rotatable bonds is 4. The van der Waals surface area contributed by atoms with Crippen molar-refractivity contribution in [3.8, 4) is 0 Å². The molecular weight excluding hydrogens is 384 g/mol. The van der Waals surface area contributed by atoms with Gasteiger partial charge in [-0.1, -0.05) is 18.2 Å². The van der Waals surface area contributed by atoms with Crippen molar-refractivity contribution in [1.29, 1.82) is 0 Å². The summed E-state index contributed by atoms with van der Waals surface area (Å²) >= 11 is 4.42. The highest BCUT2D eigenvalue weighted by atomic mass is 32.1. The molecule has 0 N–H and O–H groups in total. The van der Waals surface area contributed by atoms with E-state index in [1.54, 1.807) is 23.1 Å². The molecule has 2 fully saturated rings. The topological polar surface area (TPSA) is 96.2 Å². The molecule has 1 unspecified atom stereocenters. The Morgan fingerprint density at radius 2 is 1.86 bits per heavy atom. The number of likely N-dealkylation sites (tertiary alicyclic amines) is 1. The summed E-state index contributed by atoms with van der Waals surface area (Å²) < 4.78 is 5.19. The molecule has 1 aromatic rings. The van der Waals surface area contributed by atoms with Crippen LogP contribution in [0, 0.1) is 10.1 Å². The Hall–Kier alpha value is -2.33. The molecular formula is C18H24N4O5S. The quantitative estimate of drug-likeness (QED) is 0.349. The van der Waals surface area contributed by atoms with Gasteiger partial charge in [0.1, 0.15) is 6.04 Å². The van der Waals surface area contributed by atoms with Crippen molar-refractivity contribution >= 4 is 24.6 Å². The van der Waals surface area contributed by atoms with Crippen LogP contribution in [0.2, 0.25) is 0 Å². The standard InChI is InChI=1S/C18H24N4O5S/c1-19-7-9-20(10-8-19)16(23)15-11-14(28)12-21(15)18(24)27-17(22(25)26)13-5-3-2-4-6-13/h2-6,14-15,17,28H,7-12H2,1H3/t14-,15-,17?/m0/s1. The van der Waals surface area contributed by atoms with Crippen LogP contribution in [0.5, 0.6) is 0 Å². The molecule has 152 valence electrons. The number of amides is 2. The maximum absolute atomic E-state index is 12.9. The first-order valence-electron chi connectivity index (χ1n) is 9.18. The molecule has 2 aliphatic rings. The van der Waals surface area contributed by atoms with E-state index in [4.69, 9.17) is 4.74 Å². The SMILES string of the molecule is CN1CCN(C(=O)[C@@H]2C[C@H](S)CN2C(=O)OC(c2ccccc2)[N+](=O)[O-])CC1. The molecule has 2 heterocycles. The van der Waals surface area contributed by atoms with E-state index in [9.17, 15) is 19.7 Å². The van der Waals surface area contributed by atoms with Gasteiger partial charge in [0.25, 0.3) is 0 Å². The molecule has 9 nitrogen and oxygen atoms in total. The Labute approximate surface area is 168 Å². The van der Waals surface area contributed by atoms with Crippen LogP contribution in [0.25, 0.3) is 0 Å². The highest BCUT2D eigenvalue weighted by Crippen LogP contribution is 2.27. The van der Waals surface area contributed by atoms with E-state index in [0.29, 0.717) is 19.5 Å². The molecule has 2 amide bonds. The maximum Gasteiger partial charge on any atom is 0.415 e. The van der Waals surface area contributed by atoms with Crippen molar-refractivity contribution < 1.29 is 19.2 Å². The van der Waals surface area contributed by atoms with Gasteiger partial charge in [0, 0.05) is 38.0 Å². The minimum absolute atomic E-state index is 0.154. The van der Waals surface area contributed by atoms with E-state index in [0.717, 1.165) is 13.1 Å². The normalized spacial score (nSPS) is 24.1. The van der Waals surface area contributed by atoms with Crippen molar-refractivity contribution in [3.05, 3.63) is 46.0 Å². The predicted octanol–water partition coefficient (Wildman–Crippen LogP) is 1.25. The summed E-state index contributed by atoms with van der Waals surface area (Å²) in [5.41, 5.74) is 0.268. The number of likely N-dealkylation sites (N-methyl/N-ethyl adjacent to an activating group) is 1. The molecule has 0 radical (unpaired) electrons. The van der Waals surface area contributed by atoms with Crippen molar-refractivity contribution in [2.75, 3.05) is 39.8 Å². The number of carbonyl (C=O) groups is 2. The zero-order valence-electron chi connectivity index (χ0n) is 15.6. The van der Waals surface area contributed by atoms with Gasteiger partial charge in [-0.3, -0.25) is 19.8 Å². The minimum Gasteiger partial charge on any atom is -0.377 e. The second-order valence-corrected chi connectivity index (χ2v) is 7.85. The molecule has 1 aromatic carbocycles. The maximum atomic E-state index is 12.9. The van der Waals surface area contributed by atoms with E-state index in [-0.39, 0.29) is 23.3 Å². The Bertz CT molecular complexity index is 726. The zero-order chi connectivity index (χ0) is 20.3. The van der Waals surface area contributed by atoms with Crippen LogP contribution in [0.15, 0.2) is 30.3 Å². The highest BCUT2D eigenvalue weighted by molar-refractivity contribution is 7.81. The van der Waals surface area contributed by atoms with Gasteiger partial charge in [0.05, 0.1) is 10.5 Å². The van der Waals surface area contributed by atoms with Crippen molar-refractivity contribution in [2.24, 2.45) is 0 Å². The van der Waals surface area contributed by atoms with Crippen LogP contribution >= 0.6 is 12.6 Å². The first-order chi connectivity index (χ1) is 13.4. The third-order valence-corrected chi connectivity index (χ3v) is 5.48. The fraction of sp³-hybridized carbons (Fsp3) is 0.556. The molecule has 0 bridgehead atoms. The van der Waals surface area contributed by atoms with Gasteiger partial charge in [-0.05, 0) is 25.6 Å². The monoisotopic (exact) mass is 408 g/mol. The van der Waals surface area contributed by atoms with Crippen LogP contribution in [0.1, 0.15) is 18.2 Å². The Morgan fingerprint density at radius 1 is 1.21 bits per heavy atom. The second-order valence-electron chi connectivity index (χ2n) is 7.12. The number of nitro groups is 1. The first-order valence-corrected chi connectivity index (χ1v) is 9.69. The fourth-order valence-corrected chi connectivity index (χ4v) is 3.88.